The van der Waals surface area contributed by atoms with Gasteiger partial charge in [-0.1, -0.05) is 40.2 Å². The van der Waals surface area contributed by atoms with Crippen LogP contribution in [0.25, 0.3) is 0 Å². The molecule has 0 spiro atoms. The molecular formula is C13H14BrNS. The Bertz CT molecular complexity index is 439. The van der Waals surface area contributed by atoms with Crippen molar-refractivity contribution in [3.8, 4) is 0 Å². The van der Waals surface area contributed by atoms with E-state index in [0.717, 1.165) is 10.9 Å². The predicted octanol–water partition coefficient (Wildman–Crippen LogP) is 3.80. The first-order chi connectivity index (χ1) is 7.81. The summed E-state index contributed by atoms with van der Waals surface area (Å²) in [6, 6.07) is 12.6. The lowest BCUT2D eigenvalue weighted by atomic mass is 9.95. The van der Waals surface area contributed by atoms with Crippen molar-refractivity contribution in [3.05, 3.63) is 56.7 Å². The topological polar surface area (TPSA) is 26.0 Å². The van der Waals surface area contributed by atoms with Crippen molar-refractivity contribution in [2.75, 3.05) is 6.54 Å². The zero-order valence-corrected chi connectivity index (χ0v) is 11.3. The van der Waals surface area contributed by atoms with Gasteiger partial charge in [0, 0.05) is 15.3 Å². The van der Waals surface area contributed by atoms with E-state index in [1.165, 1.54) is 10.4 Å². The molecule has 1 heterocycles. The van der Waals surface area contributed by atoms with Gasteiger partial charge in [-0.2, -0.15) is 0 Å². The third-order valence-electron chi connectivity index (χ3n) is 2.66. The number of thiophene rings is 1. The fourth-order valence-electron chi connectivity index (χ4n) is 1.80. The van der Waals surface area contributed by atoms with Crippen LogP contribution in [0.2, 0.25) is 0 Å². The molecule has 1 aromatic heterocycles. The molecule has 84 valence electrons. The molecule has 0 fully saturated rings. The summed E-state index contributed by atoms with van der Waals surface area (Å²) in [6.45, 7) is 0.681. The highest BCUT2D eigenvalue weighted by Crippen LogP contribution is 2.28. The molecular weight excluding hydrogens is 282 g/mol. The van der Waals surface area contributed by atoms with E-state index >= 15 is 0 Å². The van der Waals surface area contributed by atoms with Gasteiger partial charge in [0.2, 0.25) is 0 Å². The second-order valence-corrected chi connectivity index (χ2v) is 5.62. The molecule has 16 heavy (non-hydrogen) atoms. The molecule has 0 aliphatic carbocycles. The fourth-order valence-corrected chi connectivity index (χ4v) is 3.19. The maximum absolute atomic E-state index is 5.87. The first-order valence-electron chi connectivity index (χ1n) is 5.28. The second kappa shape index (κ2) is 5.62. The molecule has 1 nitrogen and oxygen atoms in total. The summed E-state index contributed by atoms with van der Waals surface area (Å²) >= 11 is 5.39. The van der Waals surface area contributed by atoms with E-state index in [4.69, 9.17) is 5.73 Å². The van der Waals surface area contributed by atoms with E-state index < -0.39 is 0 Å². The van der Waals surface area contributed by atoms with Gasteiger partial charge in [-0.05, 0) is 36.0 Å². The molecule has 2 N–H and O–H groups in total. The van der Waals surface area contributed by atoms with Gasteiger partial charge in [0.15, 0.2) is 0 Å². The number of halogens is 1. The standard InChI is InChI=1S/C13H14BrNS/c14-13-6-2-1-5-12(13)10(9-15)8-11-4-3-7-16-11/h1-7,10H,8-9,15H2. The van der Waals surface area contributed by atoms with Gasteiger partial charge in [0.25, 0.3) is 0 Å². The molecule has 0 bridgehead atoms. The summed E-state index contributed by atoms with van der Waals surface area (Å²) in [5.74, 6) is 0.397. The Labute approximate surface area is 108 Å². The molecule has 0 radical (unpaired) electrons. The van der Waals surface area contributed by atoms with Gasteiger partial charge in [-0.25, -0.2) is 0 Å². The van der Waals surface area contributed by atoms with Crippen LogP contribution in [0.1, 0.15) is 16.4 Å². The average molecular weight is 296 g/mol. The number of nitrogens with two attached hydrogens (primary N) is 1. The van der Waals surface area contributed by atoms with Crippen LogP contribution in [0.3, 0.4) is 0 Å². The Morgan fingerprint density at radius 3 is 2.62 bits per heavy atom. The molecule has 2 rings (SSSR count). The highest BCUT2D eigenvalue weighted by atomic mass is 79.9. The van der Waals surface area contributed by atoms with Crippen LogP contribution >= 0.6 is 27.3 Å². The minimum Gasteiger partial charge on any atom is -0.330 e. The molecule has 1 unspecified atom stereocenters. The average Bonchev–Trinajstić information content (AvgIpc) is 2.80. The summed E-state index contributed by atoms with van der Waals surface area (Å²) in [5, 5.41) is 2.11. The van der Waals surface area contributed by atoms with Crippen LogP contribution in [0.5, 0.6) is 0 Å². The Morgan fingerprint density at radius 2 is 2.00 bits per heavy atom. The van der Waals surface area contributed by atoms with Gasteiger partial charge in [0.05, 0.1) is 0 Å². The van der Waals surface area contributed by atoms with Crippen molar-refractivity contribution < 1.29 is 0 Å². The third kappa shape index (κ3) is 2.73. The smallest absolute Gasteiger partial charge is 0.0210 e. The molecule has 2 aromatic rings. The van der Waals surface area contributed by atoms with Gasteiger partial charge in [-0.15, -0.1) is 11.3 Å². The summed E-state index contributed by atoms with van der Waals surface area (Å²) in [7, 11) is 0. The maximum Gasteiger partial charge on any atom is 0.0210 e. The van der Waals surface area contributed by atoms with Crippen LogP contribution in [-0.4, -0.2) is 6.54 Å². The summed E-state index contributed by atoms with van der Waals surface area (Å²) in [5.41, 5.74) is 7.18. The van der Waals surface area contributed by atoms with Crippen molar-refractivity contribution in [1.29, 1.82) is 0 Å². The predicted molar refractivity (Wildman–Crippen MR) is 74.0 cm³/mol. The molecule has 0 saturated heterocycles. The lowest BCUT2D eigenvalue weighted by molar-refractivity contribution is 0.698. The zero-order valence-electron chi connectivity index (χ0n) is 8.90. The first kappa shape index (κ1) is 11.8. The van der Waals surface area contributed by atoms with Crippen molar-refractivity contribution in [3.63, 3.8) is 0 Å². The quantitative estimate of drug-likeness (QED) is 0.912. The summed E-state index contributed by atoms with van der Waals surface area (Å²) in [4.78, 5) is 1.39. The number of benzene rings is 1. The van der Waals surface area contributed by atoms with Gasteiger partial charge < -0.3 is 5.73 Å². The Kier molecular flexibility index (Phi) is 4.16. The monoisotopic (exact) mass is 295 g/mol. The molecule has 1 aromatic carbocycles. The first-order valence-corrected chi connectivity index (χ1v) is 6.95. The van der Waals surface area contributed by atoms with Crippen molar-refractivity contribution >= 4 is 27.3 Å². The van der Waals surface area contributed by atoms with Crippen LogP contribution in [0, 0.1) is 0 Å². The molecule has 0 aliphatic heterocycles. The van der Waals surface area contributed by atoms with E-state index in [-0.39, 0.29) is 0 Å². The maximum atomic E-state index is 5.87. The SMILES string of the molecule is NCC(Cc1cccs1)c1ccccc1Br. The second-order valence-electron chi connectivity index (χ2n) is 3.74. The van der Waals surface area contributed by atoms with E-state index in [0.29, 0.717) is 12.5 Å². The summed E-state index contributed by atoms with van der Waals surface area (Å²) in [6.07, 6.45) is 1.02. The molecule has 3 heteroatoms. The minimum atomic E-state index is 0.397. The van der Waals surface area contributed by atoms with Crippen molar-refractivity contribution in [2.45, 2.75) is 12.3 Å². The molecule has 0 saturated carbocycles. The van der Waals surface area contributed by atoms with E-state index in [1.54, 1.807) is 11.3 Å². The fraction of sp³-hybridized carbons (Fsp3) is 0.231. The van der Waals surface area contributed by atoms with Crippen LogP contribution < -0.4 is 5.73 Å². The van der Waals surface area contributed by atoms with Gasteiger partial charge >= 0.3 is 0 Å². The highest BCUT2D eigenvalue weighted by Gasteiger charge is 2.13. The van der Waals surface area contributed by atoms with E-state index in [9.17, 15) is 0 Å². The Morgan fingerprint density at radius 1 is 1.19 bits per heavy atom. The third-order valence-corrected chi connectivity index (χ3v) is 4.28. The number of rotatable bonds is 4. The zero-order chi connectivity index (χ0) is 11.4. The van der Waals surface area contributed by atoms with Crippen molar-refractivity contribution in [1.82, 2.24) is 0 Å². The normalized spacial score (nSPS) is 12.6. The number of hydrogen-bond donors (Lipinski definition) is 1. The lowest BCUT2D eigenvalue weighted by Gasteiger charge is -2.15. The summed E-state index contributed by atoms with van der Waals surface area (Å²) < 4.78 is 1.15. The minimum absolute atomic E-state index is 0.397. The van der Waals surface area contributed by atoms with Crippen molar-refractivity contribution in [2.24, 2.45) is 5.73 Å². The largest absolute Gasteiger partial charge is 0.330 e. The molecule has 0 amide bonds. The van der Waals surface area contributed by atoms with Gasteiger partial charge in [0.1, 0.15) is 0 Å². The lowest BCUT2D eigenvalue weighted by Crippen LogP contribution is -2.15. The number of hydrogen-bond acceptors (Lipinski definition) is 2. The molecule has 1 atom stereocenters. The molecule has 0 aliphatic rings. The Hall–Kier alpha value is -0.640. The van der Waals surface area contributed by atoms with Crippen LogP contribution in [0.4, 0.5) is 0 Å². The van der Waals surface area contributed by atoms with Crippen LogP contribution in [0.15, 0.2) is 46.3 Å². The van der Waals surface area contributed by atoms with Gasteiger partial charge in [-0.3, -0.25) is 0 Å². The van der Waals surface area contributed by atoms with E-state index in [2.05, 4.69) is 51.6 Å². The van der Waals surface area contributed by atoms with Crippen LogP contribution in [-0.2, 0) is 6.42 Å². The van der Waals surface area contributed by atoms with E-state index in [1.807, 2.05) is 6.07 Å². The Balaban J connectivity index is 2.20. The highest BCUT2D eigenvalue weighted by molar-refractivity contribution is 9.10.